The molecule has 0 bridgehead atoms. The summed E-state index contributed by atoms with van der Waals surface area (Å²) in [5.41, 5.74) is 5.90. The van der Waals surface area contributed by atoms with Crippen molar-refractivity contribution in [2.24, 2.45) is 4.99 Å². The first-order chi connectivity index (χ1) is 16.1. The molecule has 162 valence electrons. The third-order valence-corrected chi connectivity index (χ3v) is 6.10. The van der Waals surface area contributed by atoms with Gasteiger partial charge in [0.2, 0.25) is 0 Å². The van der Waals surface area contributed by atoms with E-state index in [1.807, 2.05) is 77.6 Å². The molecule has 0 aliphatic carbocycles. The van der Waals surface area contributed by atoms with Crippen LogP contribution in [0.25, 0.3) is 17.3 Å². The Labute approximate surface area is 196 Å². The molecule has 5 rings (SSSR count). The van der Waals surface area contributed by atoms with Crippen molar-refractivity contribution in [2.75, 3.05) is 0 Å². The molecule has 1 fully saturated rings. The second-order valence-electron chi connectivity index (χ2n) is 7.80. The Morgan fingerprint density at radius 3 is 2.52 bits per heavy atom. The van der Waals surface area contributed by atoms with Crippen LogP contribution in [-0.2, 0) is 11.3 Å². The highest BCUT2D eigenvalue weighted by Crippen LogP contribution is 2.31. The molecule has 1 N–H and O–H groups in total. The lowest BCUT2D eigenvalue weighted by atomic mass is 10.1. The Morgan fingerprint density at radius 1 is 1.00 bits per heavy atom. The van der Waals surface area contributed by atoms with Crippen LogP contribution in [0.3, 0.4) is 0 Å². The third kappa shape index (κ3) is 4.96. The minimum Gasteiger partial charge on any atom is -0.300 e. The van der Waals surface area contributed by atoms with Crippen LogP contribution in [0.4, 0.5) is 5.69 Å². The van der Waals surface area contributed by atoms with Gasteiger partial charge in [-0.2, -0.15) is 5.10 Å². The molecule has 6 heteroatoms. The lowest BCUT2D eigenvalue weighted by molar-refractivity contribution is -0.115. The number of nitrogens with one attached hydrogen (secondary N) is 1. The Hall–Kier alpha value is -3.90. The fraction of sp³-hybridized carbons (Fsp3) is 0.0741. The molecule has 1 amide bonds. The maximum Gasteiger partial charge on any atom is 0.264 e. The molecule has 2 heterocycles. The molecule has 1 aliphatic rings. The van der Waals surface area contributed by atoms with Crippen molar-refractivity contribution in [2.45, 2.75) is 13.5 Å². The van der Waals surface area contributed by atoms with Crippen molar-refractivity contribution in [1.82, 2.24) is 15.1 Å². The van der Waals surface area contributed by atoms with E-state index in [1.165, 1.54) is 17.3 Å². The van der Waals surface area contributed by atoms with Crippen LogP contribution in [0.15, 0.2) is 101 Å². The highest BCUT2D eigenvalue weighted by atomic mass is 32.2. The number of para-hydroxylation sites is 1. The highest BCUT2D eigenvalue weighted by Gasteiger charge is 2.25. The predicted molar refractivity (Wildman–Crippen MR) is 135 cm³/mol. The molecular weight excluding hydrogens is 428 g/mol. The lowest BCUT2D eigenvalue weighted by Crippen LogP contribution is -2.19. The van der Waals surface area contributed by atoms with E-state index >= 15 is 0 Å². The zero-order valence-electron chi connectivity index (χ0n) is 18.1. The van der Waals surface area contributed by atoms with Crippen molar-refractivity contribution < 1.29 is 4.79 Å². The van der Waals surface area contributed by atoms with Gasteiger partial charge in [0.25, 0.3) is 5.91 Å². The zero-order chi connectivity index (χ0) is 22.6. The number of benzene rings is 3. The van der Waals surface area contributed by atoms with E-state index in [0.717, 1.165) is 28.1 Å². The molecule has 0 radical (unpaired) electrons. The van der Waals surface area contributed by atoms with Gasteiger partial charge in [-0.15, -0.1) is 0 Å². The average Bonchev–Trinajstić information content (AvgIpc) is 3.38. The number of aromatic nitrogens is 2. The SMILES string of the molecule is Cc1cccc(-c2nn(Cc3ccccc3)cc2C=C2SC(=Nc3ccccc3)NC2=O)c1. The maximum atomic E-state index is 12.7. The number of amidine groups is 1. The quantitative estimate of drug-likeness (QED) is 0.391. The number of carbonyl (C=O) groups excluding carboxylic acids is 1. The van der Waals surface area contributed by atoms with Crippen LogP contribution in [0.1, 0.15) is 16.7 Å². The molecule has 5 nitrogen and oxygen atoms in total. The Balaban J connectivity index is 1.50. The van der Waals surface area contributed by atoms with Gasteiger partial charge in [-0.05, 0) is 48.5 Å². The number of rotatable bonds is 5. The molecule has 1 aliphatic heterocycles. The molecule has 0 atom stereocenters. The summed E-state index contributed by atoms with van der Waals surface area (Å²) >= 11 is 1.34. The summed E-state index contributed by atoms with van der Waals surface area (Å²) in [4.78, 5) is 17.8. The Kier molecular flexibility index (Phi) is 5.91. The molecule has 33 heavy (non-hydrogen) atoms. The van der Waals surface area contributed by atoms with Gasteiger partial charge in [0, 0.05) is 17.3 Å². The van der Waals surface area contributed by atoms with E-state index in [9.17, 15) is 4.79 Å². The van der Waals surface area contributed by atoms with E-state index in [4.69, 9.17) is 5.10 Å². The monoisotopic (exact) mass is 450 g/mol. The number of amides is 1. The Bertz CT molecular complexity index is 1360. The van der Waals surface area contributed by atoms with Gasteiger partial charge in [0.1, 0.15) is 0 Å². The van der Waals surface area contributed by atoms with Crippen LogP contribution in [0, 0.1) is 6.92 Å². The number of hydrogen-bond donors (Lipinski definition) is 1. The summed E-state index contributed by atoms with van der Waals surface area (Å²) in [5, 5.41) is 8.31. The fourth-order valence-electron chi connectivity index (χ4n) is 3.65. The molecule has 1 saturated heterocycles. The van der Waals surface area contributed by atoms with Crippen LogP contribution < -0.4 is 5.32 Å². The number of nitrogens with zero attached hydrogens (tertiary/aromatic N) is 3. The normalized spacial score (nSPS) is 15.8. The summed E-state index contributed by atoms with van der Waals surface area (Å²) in [6.45, 7) is 2.72. The van der Waals surface area contributed by atoms with Crippen LogP contribution in [-0.4, -0.2) is 20.9 Å². The fourth-order valence-corrected chi connectivity index (χ4v) is 4.48. The summed E-state index contributed by atoms with van der Waals surface area (Å²) in [7, 11) is 0. The average molecular weight is 451 g/mol. The second-order valence-corrected chi connectivity index (χ2v) is 8.83. The van der Waals surface area contributed by atoms with E-state index in [1.54, 1.807) is 0 Å². The summed E-state index contributed by atoms with van der Waals surface area (Å²) < 4.78 is 1.93. The standard InChI is InChI=1S/C27H22N4OS/c1-19-9-8-12-21(15-19)25-22(18-31(30-25)17-20-10-4-2-5-11-20)16-24-26(32)29-27(33-24)28-23-13-6-3-7-14-23/h2-16,18H,17H2,1H3,(H,28,29,32). The smallest absolute Gasteiger partial charge is 0.264 e. The van der Waals surface area contributed by atoms with Gasteiger partial charge in [0.05, 0.1) is 22.8 Å². The maximum absolute atomic E-state index is 12.7. The molecule has 1 aromatic heterocycles. The number of aryl methyl sites for hydroxylation is 1. The van der Waals surface area contributed by atoms with Crippen molar-refractivity contribution >= 4 is 34.6 Å². The molecule has 0 spiro atoms. The van der Waals surface area contributed by atoms with Crippen LogP contribution in [0.5, 0.6) is 0 Å². The number of thioether (sulfide) groups is 1. The van der Waals surface area contributed by atoms with Gasteiger partial charge in [-0.1, -0.05) is 72.3 Å². The topological polar surface area (TPSA) is 59.3 Å². The second kappa shape index (κ2) is 9.30. The van der Waals surface area contributed by atoms with Gasteiger partial charge in [-0.3, -0.25) is 9.48 Å². The molecule has 3 aromatic carbocycles. The minimum absolute atomic E-state index is 0.152. The summed E-state index contributed by atoms with van der Waals surface area (Å²) in [6.07, 6.45) is 3.90. The first kappa shape index (κ1) is 21.0. The van der Waals surface area contributed by atoms with Crippen molar-refractivity contribution in [3.05, 3.63) is 113 Å². The summed E-state index contributed by atoms with van der Waals surface area (Å²) in [6, 6.07) is 28.1. The van der Waals surface area contributed by atoms with Crippen molar-refractivity contribution in [1.29, 1.82) is 0 Å². The van der Waals surface area contributed by atoms with E-state index in [0.29, 0.717) is 16.6 Å². The first-order valence-electron chi connectivity index (χ1n) is 10.7. The third-order valence-electron chi connectivity index (χ3n) is 5.19. The van der Waals surface area contributed by atoms with Gasteiger partial charge in [0.15, 0.2) is 5.17 Å². The molecule has 4 aromatic rings. The molecule has 0 saturated carbocycles. The molecule has 0 unspecified atom stereocenters. The largest absolute Gasteiger partial charge is 0.300 e. The van der Waals surface area contributed by atoms with Crippen molar-refractivity contribution in [3.8, 4) is 11.3 Å². The number of hydrogen-bond acceptors (Lipinski definition) is 4. The number of carbonyl (C=O) groups is 1. The van der Waals surface area contributed by atoms with E-state index in [-0.39, 0.29) is 5.91 Å². The Morgan fingerprint density at radius 2 is 1.76 bits per heavy atom. The highest BCUT2D eigenvalue weighted by molar-refractivity contribution is 8.18. The van der Waals surface area contributed by atoms with Gasteiger partial charge >= 0.3 is 0 Å². The predicted octanol–water partition coefficient (Wildman–Crippen LogP) is 5.80. The van der Waals surface area contributed by atoms with Crippen molar-refractivity contribution in [3.63, 3.8) is 0 Å². The van der Waals surface area contributed by atoms with E-state index < -0.39 is 0 Å². The minimum atomic E-state index is -0.152. The van der Waals surface area contributed by atoms with E-state index in [2.05, 4.69) is 41.5 Å². The van der Waals surface area contributed by atoms with Crippen LogP contribution in [0.2, 0.25) is 0 Å². The van der Waals surface area contributed by atoms with Gasteiger partial charge < -0.3 is 5.32 Å². The lowest BCUT2D eigenvalue weighted by Gasteiger charge is -2.02. The first-order valence-corrected chi connectivity index (χ1v) is 11.5. The van der Waals surface area contributed by atoms with Crippen LogP contribution >= 0.6 is 11.8 Å². The summed E-state index contributed by atoms with van der Waals surface area (Å²) in [5.74, 6) is -0.152. The molecular formula is C27H22N4OS. The number of aliphatic imine (C=N–C) groups is 1. The van der Waals surface area contributed by atoms with Gasteiger partial charge in [-0.25, -0.2) is 4.99 Å². The zero-order valence-corrected chi connectivity index (χ0v) is 18.9.